The number of aromatic nitrogens is 2. The summed E-state index contributed by atoms with van der Waals surface area (Å²) in [6, 6.07) is 14.9. The van der Waals surface area contributed by atoms with Crippen molar-refractivity contribution in [1.82, 2.24) is 15.3 Å². The highest BCUT2D eigenvalue weighted by Gasteiger charge is 2.08. The first kappa shape index (κ1) is 15.8. The number of rotatable bonds is 5. The smallest absolute Gasteiger partial charge is 0.244 e. The summed E-state index contributed by atoms with van der Waals surface area (Å²) in [6.07, 6.45) is 6.31. The van der Waals surface area contributed by atoms with Crippen molar-refractivity contribution in [2.24, 2.45) is 0 Å². The third-order valence-electron chi connectivity index (χ3n) is 3.77. The van der Waals surface area contributed by atoms with Crippen LogP contribution in [-0.2, 0) is 11.3 Å². The first-order chi connectivity index (χ1) is 12.8. The maximum Gasteiger partial charge on any atom is 0.244 e. The van der Waals surface area contributed by atoms with Crippen LogP contribution in [-0.4, -0.2) is 15.9 Å². The molecule has 0 saturated carbocycles. The van der Waals surface area contributed by atoms with E-state index in [2.05, 4.69) is 15.3 Å². The van der Waals surface area contributed by atoms with E-state index in [0.717, 1.165) is 11.1 Å². The Hall–Kier alpha value is -3.67. The lowest BCUT2D eigenvalue weighted by Crippen LogP contribution is -2.20. The normalized spacial score (nSPS) is 11.2. The molecule has 0 atom stereocenters. The van der Waals surface area contributed by atoms with E-state index in [1.54, 1.807) is 30.7 Å². The molecule has 1 aromatic carbocycles. The summed E-state index contributed by atoms with van der Waals surface area (Å²) in [5, 5.41) is 2.83. The SMILES string of the molecule is O=C(/C=C\c1ccco1)NCc1ccc(-c2nc3ncccc3o2)cc1. The van der Waals surface area contributed by atoms with Gasteiger partial charge in [-0.1, -0.05) is 12.1 Å². The first-order valence-electron chi connectivity index (χ1n) is 8.08. The molecule has 0 aliphatic carbocycles. The number of hydrogen-bond acceptors (Lipinski definition) is 5. The Labute approximate surface area is 149 Å². The number of hydrogen-bond donors (Lipinski definition) is 1. The molecule has 6 nitrogen and oxygen atoms in total. The Balaban J connectivity index is 1.39. The molecule has 0 spiro atoms. The number of fused-ring (bicyclic) bond motifs is 1. The third kappa shape index (κ3) is 3.54. The second-order valence-corrected chi connectivity index (χ2v) is 5.61. The van der Waals surface area contributed by atoms with Crippen LogP contribution in [0.5, 0.6) is 0 Å². The van der Waals surface area contributed by atoms with Gasteiger partial charge in [-0.05, 0) is 48.0 Å². The number of amides is 1. The van der Waals surface area contributed by atoms with Crippen LogP contribution < -0.4 is 5.32 Å². The second kappa shape index (κ2) is 7.06. The van der Waals surface area contributed by atoms with Crippen LogP contribution in [0.15, 0.2) is 75.9 Å². The van der Waals surface area contributed by atoms with Gasteiger partial charge in [0.15, 0.2) is 11.2 Å². The second-order valence-electron chi connectivity index (χ2n) is 5.61. The molecule has 4 rings (SSSR count). The number of nitrogens with one attached hydrogen (secondary N) is 1. The number of oxazole rings is 1. The van der Waals surface area contributed by atoms with Gasteiger partial charge in [0.1, 0.15) is 5.76 Å². The van der Waals surface area contributed by atoms with Crippen molar-refractivity contribution >= 4 is 23.2 Å². The van der Waals surface area contributed by atoms with E-state index in [4.69, 9.17) is 8.83 Å². The molecular formula is C20H15N3O3. The van der Waals surface area contributed by atoms with Crippen molar-refractivity contribution in [3.05, 3.63) is 78.4 Å². The van der Waals surface area contributed by atoms with Crippen molar-refractivity contribution in [2.45, 2.75) is 6.54 Å². The lowest BCUT2D eigenvalue weighted by Gasteiger charge is -2.03. The first-order valence-corrected chi connectivity index (χ1v) is 8.08. The minimum absolute atomic E-state index is 0.185. The molecule has 6 heteroatoms. The zero-order chi connectivity index (χ0) is 17.8. The molecule has 0 aliphatic heterocycles. The summed E-state index contributed by atoms with van der Waals surface area (Å²) in [4.78, 5) is 20.4. The van der Waals surface area contributed by atoms with Gasteiger partial charge in [0.2, 0.25) is 11.8 Å². The van der Waals surface area contributed by atoms with Gasteiger partial charge >= 0.3 is 0 Å². The molecule has 0 bridgehead atoms. The van der Waals surface area contributed by atoms with Crippen LogP contribution in [0.25, 0.3) is 28.8 Å². The topological polar surface area (TPSA) is 81.2 Å². The van der Waals surface area contributed by atoms with E-state index in [0.29, 0.717) is 29.4 Å². The summed E-state index contributed by atoms with van der Waals surface area (Å²) in [7, 11) is 0. The molecule has 128 valence electrons. The van der Waals surface area contributed by atoms with Crippen LogP contribution in [0.3, 0.4) is 0 Å². The fourth-order valence-corrected chi connectivity index (χ4v) is 2.45. The average molecular weight is 345 g/mol. The largest absolute Gasteiger partial charge is 0.465 e. The third-order valence-corrected chi connectivity index (χ3v) is 3.77. The van der Waals surface area contributed by atoms with Crippen LogP contribution in [0.2, 0.25) is 0 Å². The molecule has 0 fully saturated rings. The maximum absolute atomic E-state index is 11.8. The fraction of sp³-hybridized carbons (Fsp3) is 0.0500. The number of pyridine rings is 1. The van der Waals surface area contributed by atoms with Gasteiger partial charge in [0.05, 0.1) is 6.26 Å². The molecule has 0 aliphatic rings. The van der Waals surface area contributed by atoms with E-state index in [1.165, 1.54) is 6.08 Å². The van der Waals surface area contributed by atoms with Gasteiger partial charge in [0, 0.05) is 24.4 Å². The molecule has 0 radical (unpaired) electrons. The number of nitrogens with zero attached hydrogens (tertiary/aromatic N) is 2. The van der Waals surface area contributed by atoms with Crippen LogP contribution in [0.4, 0.5) is 0 Å². The van der Waals surface area contributed by atoms with E-state index in [1.807, 2.05) is 36.4 Å². The van der Waals surface area contributed by atoms with Gasteiger partial charge in [-0.2, -0.15) is 4.98 Å². The molecular weight excluding hydrogens is 330 g/mol. The molecule has 0 unspecified atom stereocenters. The number of furan rings is 1. The van der Waals surface area contributed by atoms with E-state index < -0.39 is 0 Å². The molecule has 3 heterocycles. The summed E-state index contributed by atoms with van der Waals surface area (Å²) in [5.74, 6) is 0.975. The summed E-state index contributed by atoms with van der Waals surface area (Å²) >= 11 is 0. The maximum atomic E-state index is 11.8. The van der Waals surface area contributed by atoms with Crippen molar-refractivity contribution < 1.29 is 13.6 Å². The van der Waals surface area contributed by atoms with Crippen LogP contribution >= 0.6 is 0 Å². The number of carbonyl (C=O) groups is 1. The van der Waals surface area contributed by atoms with Gasteiger partial charge < -0.3 is 14.2 Å². The average Bonchev–Trinajstić information content (AvgIpc) is 3.34. The molecule has 3 aromatic heterocycles. The molecule has 1 amide bonds. The molecule has 26 heavy (non-hydrogen) atoms. The quantitative estimate of drug-likeness (QED) is 0.556. The van der Waals surface area contributed by atoms with E-state index in [9.17, 15) is 4.79 Å². The molecule has 4 aromatic rings. The summed E-state index contributed by atoms with van der Waals surface area (Å²) in [6.45, 7) is 0.427. The lowest BCUT2D eigenvalue weighted by molar-refractivity contribution is -0.116. The van der Waals surface area contributed by atoms with Gasteiger partial charge in [-0.3, -0.25) is 4.79 Å². The van der Waals surface area contributed by atoms with Crippen molar-refractivity contribution in [1.29, 1.82) is 0 Å². The highest BCUT2D eigenvalue weighted by Crippen LogP contribution is 2.23. The predicted molar refractivity (Wildman–Crippen MR) is 96.8 cm³/mol. The Morgan fingerprint density at radius 2 is 2.00 bits per heavy atom. The summed E-state index contributed by atoms with van der Waals surface area (Å²) in [5.41, 5.74) is 3.07. The highest BCUT2D eigenvalue weighted by atomic mass is 16.3. The molecule has 0 saturated heterocycles. The van der Waals surface area contributed by atoms with Crippen molar-refractivity contribution in [3.8, 4) is 11.5 Å². The van der Waals surface area contributed by atoms with E-state index >= 15 is 0 Å². The van der Waals surface area contributed by atoms with E-state index in [-0.39, 0.29) is 5.91 Å². The van der Waals surface area contributed by atoms with Crippen molar-refractivity contribution in [3.63, 3.8) is 0 Å². The number of carbonyl (C=O) groups excluding carboxylic acids is 1. The Bertz CT molecular complexity index is 1010. The standard InChI is InChI=1S/C20H15N3O3/c24-18(10-9-16-3-2-12-25-16)22-13-14-5-7-15(8-6-14)20-23-19-17(26-20)4-1-11-21-19/h1-12H,13H2,(H,22,24)/b10-9-. The Morgan fingerprint density at radius 3 is 2.77 bits per heavy atom. The van der Waals surface area contributed by atoms with Gasteiger partial charge in [-0.15, -0.1) is 0 Å². The molecule has 1 N–H and O–H groups in total. The van der Waals surface area contributed by atoms with Gasteiger partial charge in [-0.25, -0.2) is 4.98 Å². The fourth-order valence-electron chi connectivity index (χ4n) is 2.45. The Morgan fingerprint density at radius 1 is 1.12 bits per heavy atom. The lowest BCUT2D eigenvalue weighted by atomic mass is 10.1. The zero-order valence-corrected chi connectivity index (χ0v) is 13.8. The monoisotopic (exact) mass is 345 g/mol. The van der Waals surface area contributed by atoms with Crippen LogP contribution in [0.1, 0.15) is 11.3 Å². The minimum Gasteiger partial charge on any atom is -0.465 e. The van der Waals surface area contributed by atoms with Gasteiger partial charge in [0.25, 0.3) is 0 Å². The minimum atomic E-state index is -0.185. The number of benzene rings is 1. The Kier molecular flexibility index (Phi) is 4.30. The zero-order valence-electron chi connectivity index (χ0n) is 13.8. The predicted octanol–water partition coefficient (Wildman–Crippen LogP) is 3.81. The highest BCUT2D eigenvalue weighted by molar-refractivity contribution is 5.91. The van der Waals surface area contributed by atoms with Crippen LogP contribution in [0, 0.1) is 0 Å². The summed E-state index contributed by atoms with van der Waals surface area (Å²) < 4.78 is 10.8. The van der Waals surface area contributed by atoms with Crippen molar-refractivity contribution in [2.75, 3.05) is 0 Å².